The number of phenolic OH excluding ortho intramolecular Hbond substituents is 1. The van der Waals surface area contributed by atoms with E-state index in [1.54, 1.807) is 0 Å². The topological polar surface area (TPSA) is 57.5 Å². The predicted octanol–water partition coefficient (Wildman–Crippen LogP) is 1.09. The SMILES string of the molecule is O=C(O)[13c]1[13cH][13cH][13c](O)[13cH][13cH]1. The minimum atomic E-state index is -0.986. The number of aromatic carboxylic acids is 1. The molecule has 0 fully saturated rings. The van der Waals surface area contributed by atoms with Gasteiger partial charge in [0.05, 0.1) is 5.56 Å². The molecule has 0 bridgehead atoms. The Morgan fingerprint density at radius 2 is 1.70 bits per heavy atom. The zero-order valence-electron chi connectivity index (χ0n) is 5.11. The molecule has 3 heteroatoms. The van der Waals surface area contributed by atoms with E-state index in [-0.39, 0.29) is 11.3 Å². The van der Waals surface area contributed by atoms with E-state index >= 15 is 0 Å². The molecule has 0 radical (unpaired) electrons. The largest absolute Gasteiger partial charge is 0.508 e. The lowest BCUT2D eigenvalue weighted by Gasteiger charge is -1.92. The van der Waals surface area contributed by atoms with Crippen molar-refractivity contribution in [1.82, 2.24) is 0 Å². The van der Waals surface area contributed by atoms with Gasteiger partial charge in [-0.2, -0.15) is 0 Å². The molecule has 0 atom stereocenters. The maximum Gasteiger partial charge on any atom is 0.335 e. The summed E-state index contributed by atoms with van der Waals surface area (Å²) in [5, 5.41) is 17.1. The summed E-state index contributed by atoms with van der Waals surface area (Å²) < 4.78 is 0. The standard InChI is InChI=1S/C7H6O3/c8-6-3-1-5(2-4-6)7(9)10/h1-4,8H,(H,9,10)/i1+1,2+1,3+1,4+1,5+1,6+1. The Morgan fingerprint density at radius 1 is 1.20 bits per heavy atom. The van der Waals surface area contributed by atoms with Gasteiger partial charge in [-0.15, -0.1) is 0 Å². The Labute approximate surface area is 57.5 Å². The molecule has 0 aliphatic rings. The van der Waals surface area contributed by atoms with Gasteiger partial charge in [-0.05, 0) is 24.3 Å². The highest BCUT2D eigenvalue weighted by atomic mass is 16.4. The fraction of sp³-hybridized carbons (Fsp3) is 0. The first-order valence-corrected chi connectivity index (χ1v) is 2.72. The Kier molecular flexibility index (Phi) is 1.58. The first-order chi connectivity index (χ1) is 4.70. The van der Waals surface area contributed by atoms with E-state index in [4.69, 9.17) is 10.2 Å². The summed E-state index contributed by atoms with van der Waals surface area (Å²) in [6.07, 6.45) is 0. The third-order valence-electron chi connectivity index (χ3n) is 1.11. The van der Waals surface area contributed by atoms with E-state index in [9.17, 15) is 4.79 Å². The Hall–Kier alpha value is -1.51. The van der Waals surface area contributed by atoms with Crippen molar-refractivity contribution in [1.29, 1.82) is 0 Å². The molecular weight excluding hydrogens is 138 g/mol. The van der Waals surface area contributed by atoms with Crippen molar-refractivity contribution < 1.29 is 15.0 Å². The third-order valence-corrected chi connectivity index (χ3v) is 1.11. The van der Waals surface area contributed by atoms with E-state index < -0.39 is 5.97 Å². The lowest BCUT2D eigenvalue weighted by atomic mass is 10.9. The molecule has 0 aromatic heterocycles. The van der Waals surface area contributed by atoms with Crippen LogP contribution >= 0.6 is 0 Å². The molecule has 10 heavy (non-hydrogen) atoms. The average molecular weight is 144 g/mol. The van der Waals surface area contributed by atoms with Gasteiger partial charge in [-0.25, -0.2) is 4.79 Å². The molecule has 0 saturated heterocycles. The van der Waals surface area contributed by atoms with Crippen molar-refractivity contribution in [3.05, 3.63) is 29.8 Å². The number of phenols is 1. The van der Waals surface area contributed by atoms with Gasteiger partial charge in [0.25, 0.3) is 0 Å². The second-order valence-electron chi connectivity index (χ2n) is 1.85. The van der Waals surface area contributed by atoms with Gasteiger partial charge >= 0.3 is 5.97 Å². The normalized spacial score (nSPS) is 9.20. The van der Waals surface area contributed by atoms with Gasteiger partial charge in [0.1, 0.15) is 5.75 Å². The van der Waals surface area contributed by atoms with Crippen LogP contribution in [0.3, 0.4) is 0 Å². The highest BCUT2D eigenvalue weighted by Crippen LogP contribution is 2.08. The predicted molar refractivity (Wildman–Crippen MR) is 35.1 cm³/mol. The molecule has 1 rings (SSSR count). The van der Waals surface area contributed by atoms with Crippen LogP contribution in [0.5, 0.6) is 5.75 Å². The number of benzene rings is 1. The maximum absolute atomic E-state index is 10.2. The molecule has 3 nitrogen and oxygen atoms in total. The van der Waals surface area contributed by atoms with E-state index in [1.807, 2.05) is 0 Å². The summed E-state index contributed by atoms with van der Waals surface area (Å²) in [7, 11) is 0. The van der Waals surface area contributed by atoms with E-state index in [0.717, 1.165) is 0 Å². The first-order valence-electron chi connectivity index (χ1n) is 2.72. The lowest BCUT2D eigenvalue weighted by Crippen LogP contribution is -1.93. The van der Waals surface area contributed by atoms with Gasteiger partial charge in [-0.1, -0.05) is 0 Å². The maximum atomic E-state index is 10.2. The molecule has 0 spiro atoms. The van der Waals surface area contributed by atoms with Gasteiger partial charge in [-0.3, -0.25) is 0 Å². The number of carboxylic acids is 1. The number of rotatable bonds is 1. The van der Waals surface area contributed by atoms with Crippen LogP contribution in [0.1, 0.15) is 10.4 Å². The van der Waals surface area contributed by atoms with Gasteiger partial charge in [0.15, 0.2) is 0 Å². The zero-order valence-corrected chi connectivity index (χ0v) is 5.11. The number of hydrogen-bond acceptors (Lipinski definition) is 2. The van der Waals surface area contributed by atoms with Gasteiger partial charge in [0.2, 0.25) is 0 Å². The molecule has 1 aromatic carbocycles. The highest BCUT2D eigenvalue weighted by molar-refractivity contribution is 5.87. The van der Waals surface area contributed by atoms with E-state index in [0.29, 0.717) is 0 Å². The van der Waals surface area contributed by atoms with Crippen LogP contribution in [-0.4, -0.2) is 16.2 Å². The molecule has 52 valence electrons. The van der Waals surface area contributed by atoms with Gasteiger partial charge < -0.3 is 10.2 Å². The molecule has 0 aliphatic carbocycles. The highest BCUT2D eigenvalue weighted by Gasteiger charge is 1.99. The van der Waals surface area contributed by atoms with Crippen molar-refractivity contribution in [3.8, 4) is 5.75 Å². The number of carboxylic acid groups (broad SMARTS) is 1. The summed E-state index contributed by atoms with van der Waals surface area (Å²) >= 11 is 0. The molecule has 0 saturated carbocycles. The van der Waals surface area contributed by atoms with Gasteiger partial charge in [0, 0.05) is 0 Å². The van der Waals surface area contributed by atoms with Crippen molar-refractivity contribution >= 4 is 5.97 Å². The fourth-order valence-electron chi connectivity index (χ4n) is 0.604. The quantitative estimate of drug-likeness (QED) is 0.620. The molecular formula is C7H6O3. The summed E-state index contributed by atoms with van der Waals surface area (Å²) in [6.45, 7) is 0. The lowest BCUT2D eigenvalue weighted by molar-refractivity contribution is 0.0697. The van der Waals surface area contributed by atoms with Crippen molar-refractivity contribution in [3.63, 3.8) is 0 Å². The number of aromatic hydroxyl groups is 1. The molecule has 0 aliphatic heterocycles. The number of carbonyl (C=O) groups is 1. The van der Waals surface area contributed by atoms with Crippen molar-refractivity contribution in [2.75, 3.05) is 0 Å². The first kappa shape index (κ1) is 6.61. The van der Waals surface area contributed by atoms with Crippen LogP contribution < -0.4 is 0 Å². The van der Waals surface area contributed by atoms with E-state index in [2.05, 4.69) is 0 Å². The molecule has 1 aromatic rings. The molecule has 0 heterocycles. The third kappa shape index (κ3) is 1.25. The van der Waals surface area contributed by atoms with Crippen molar-refractivity contribution in [2.24, 2.45) is 0 Å². The summed E-state index contributed by atoms with van der Waals surface area (Å²) in [4.78, 5) is 10.2. The van der Waals surface area contributed by atoms with Crippen LogP contribution in [0.15, 0.2) is 24.3 Å². The molecule has 0 unspecified atom stereocenters. The van der Waals surface area contributed by atoms with Crippen LogP contribution in [0.25, 0.3) is 0 Å². The minimum absolute atomic E-state index is 0.0741. The summed E-state index contributed by atoms with van der Waals surface area (Å²) in [5.41, 5.74) is 0.179. The number of hydrogen-bond donors (Lipinski definition) is 2. The van der Waals surface area contributed by atoms with Crippen molar-refractivity contribution in [2.45, 2.75) is 0 Å². The average Bonchev–Trinajstić information content (AvgIpc) is 1.88. The summed E-state index contributed by atoms with van der Waals surface area (Å²) in [6, 6.07) is 5.36. The summed E-state index contributed by atoms with van der Waals surface area (Å²) in [5.74, 6) is -0.912. The van der Waals surface area contributed by atoms with E-state index in [1.165, 1.54) is 24.3 Å². The van der Waals surface area contributed by atoms with Crippen LogP contribution in [0.4, 0.5) is 0 Å². The smallest absolute Gasteiger partial charge is 0.335 e. The monoisotopic (exact) mass is 144 g/mol. The van der Waals surface area contributed by atoms with Crippen LogP contribution in [-0.2, 0) is 0 Å². The Balaban J connectivity index is 3.00. The minimum Gasteiger partial charge on any atom is -0.508 e. The fourth-order valence-corrected chi connectivity index (χ4v) is 0.604. The second kappa shape index (κ2) is 2.39. The Morgan fingerprint density at radius 3 is 2.10 bits per heavy atom. The van der Waals surface area contributed by atoms with Crippen LogP contribution in [0, 0.1) is 0 Å². The van der Waals surface area contributed by atoms with Crippen LogP contribution in [0.2, 0.25) is 0 Å². The zero-order chi connectivity index (χ0) is 7.56. The Bertz CT molecular complexity index is 238. The second-order valence-corrected chi connectivity index (χ2v) is 1.85. The molecule has 0 amide bonds. The molecule has 2 N–H and O–H groups in total.